The fourth-order valence-electron chi connectivity index (χ4n) is 1.32. The molecule has 1 rings (SSSR count). The van der Waals surface area contributed by atoms with Crippen LogP contribution in [0.15, 0.2) is 23.1 Å². The van der Waals surface area contributed by atoms with Gasteiger partial charge in [0.1, 0.15) is 0 Å². The predicted molar refractivity (Wildman–Crippen MR) is 61.1 cm³/mol. The highest BCUT2D eigenvalue weighted by atomic mass is 32.2. The number of nitrogens with zero attached hydrogens (tertiary/aromatic N) is 1. The lowest BCUT2D eigenvalue weighted by molar-refractivity contribution is 0.457. The molecule has 0 amide bonds. The molecule has 0 N–H and O–H groups in total. The molecule has 0 bridgehead atoms. The Kier molecular flexibility index (Phi) is 4.59. The van der Waals surface area contributed by atoms with Crippen molar-refractivity contribution >= 4 is 10.0 Å². The van der Waals surface area contributed by atoms with E-state index < -0.39 is 21.7 Å². The van der Waals surface area contributed by atoms with Gasteiger partial charge in [-0.3, -0.25) is 0 Å². The van der Waals surface area contributed by atoms with Gasteiger partial charge in [0.25, 0.3) is 0 Å². The number of hydrogen-bond donors (Lipinski definition) is 0. The second-order valence-electron chi connectivity index (χ2n) is 3.76. The summed E-state index contributed by atoms with van der Waals surface area (Å²) in [5.41, 5.74) is 0. The lowest BCUT2D eigenvalue weighted by atomic mass is 10.3. The van der Waals surface area contributed by atoms with E-state index in [-0.39, 0.29) is 4.90 Å². The van der Waals surface area contributed by atoms with Gasteiger partial charge in [-0.05, 0) is 24.6 Å². The Hall–Kier alpha value is -1.01. The summed E-state index contributed by atoms with van der Waals surface area (Å²) in [6, 6.07) is 2.58. The van der Waals surface area contributed by atoms with Gasteiger partial charge in [0.2, 0.25) is 10.0 Å². The van der Waals surface area contributed by atoms with Crippen LogP contribution in [0.3, 0.4) is 0 Å². The Morgan fingerprint density at radius 2 is 1.88 bits per heavy atom. The monoisotopic (exact) mass is 263 g/mol. The average molecular weight is 263 g/mol. The minimum Gasteiger partial charge on any atom is -0.207 e. The molecule has 0 radical (unpaired) electrons. The molecule has 1 aromatic rings. The first-order chi connectivity index (χ1) is 7.89. The van der Waals surface area contributed by atoms with Crippen molar-refractivity contribution in [2.75, 3.05) is 13.6 Å². The van der Waals surface area contributed by atoms with E-state index in [0.717, 1.165) is 29.3 Å². The van der Waals surface area contributed by atoms with Crippen LogP contribution in [0.1, 0.15) is 19.8 Å². The van der Waals surface area contributed by atoms with Gasteiger partial charge < -0.3 is 0 Å². The van der Waals surface area contributed by atoms with Crippen LogP contribution in [0.25, 0.3) is 0 Å². The van der Waals surface area contributed by atoms with Gasteiger partial charge in [-0.2, -0.15) is 0 Å². The summed E-state index contributed by atoms with van der Waals surface area (Å²) < 4.78 is 50.7. The summed E-state index contributed by atoms with van der Waals surface area (Å²) in [7, 11) is -2.30. The van der Waals surface area contributed by atoms with Crippen molar-refractivity contribution in [2.24, 2.45) is 0 Å². The minimum atomic E-state index is -3.72. The molecule has 0 spiro atoms. The molecule has 0 saturated carbocycles. The van der Waals surface area contributed by atoms with Crippen molar-refractivity contribution in [1.82, 2.24) is 4.31 Å². The summed E-state index contributed by atoms with van der Waals surface area (Å²) in [6.45, 7) is 2.30. The zero-order valence-corrected chi connectivity index (χ0v) is 10.6. The molecule has 17 heavy (non-hydrogen) atoms. The minimum absolute atomic E-state index is 0.227. The quantitative estimate of drug-likeness (QED) is 0.818. The maximum atomic E-state index is 13.0. The summed E-state index contributed by atoms with van der Waals surface area (Å²) >= 11 is 0. The van der Waals surface area contributed by atoms with Crippen LogP contribution in [0.5, 0.6) is 0 Å². The molecule has 0 aliphatic carbocycles. The maximum Gasteiger partial charge on any atom is 0.242 e. The van der Waals surface area contributed by atoms with Gasteiger partial charge in [0, 0.05) is 13.6 Å². The van der Waals surface area contributed by atoms with Crippen LogP contribution in [-0.4, -0.2) is 26.3 Å². The zero-order chi connectivity index (χ0) is 13.1. The molecule has 0 unspecified atom stereocenters. The number of unbranched alkanes of at least 4 members (excludes halogenated alkanes) is 1. The van der Waals surface area contributed by atoms with Gasteiger partial charge in [-0.1, -0.05) is 13.3 Å². The molecule has 0 aromatic heterocycles. The number of sulfonamides is 1. The van der Waals surface area contributed by atoms with E-state index in [1.165, 1.54) is 7.05 Å². The normalized spacial score (nSPS) is 12.1. The van der Waals surface area contributed by atoms with Crippen LogP contribution in [0.4, 0.5) is 8.78 Å². The first kappa shape index (κ1) is 14.1. The van der Waals surface area contributed by atoms with Crippen molar-refractivity contribution in [3.8, 4) is 0 Å². The lowest BCUT2D eigenvalue weighted by Crippen LogP contribution is -2.28. The number of benzene rings is 1. The average Bonchev–Trinajstić information content (AvgIpc) is 2.29. The van der Waals surface area contributed by atoms with Gasteiger partial charge in [0.05, 0.1) is 4.90 Å². The summed E-state index contributed by atoms with van der Waals surface area (Å²) in [5.74, 6) is -2.21. The van der Waals surface area contributed by atoms with Gasteiger partial charge in [-0.15, -0.1) is 0 Å². The smallest absolute Gasteiger partial charge is 0.207 e. The summed E-state index contributed by atoms with van der Waals surface area (Å²) in [6.07, 6.45) is 1.58. The van der Waals surface area contributed by atoms with Crippen molar-refractivity contribution in [3.05, 3.63) is 29.8 Å². The topological polar surface area (TPSA) is 37.4 Å². The van der Waals surface area contributed by atoms with Gasteiger partial charge >= 0.3 is 0 Å². The first-order valence-corrected chi connectivity index (χ1v) is 6.75. The number of hydrogen-bond acceptors (Lipinski definition) is 2. The third-order valence-electron chi connectivity index (χ3n) is 2.43. The first-order valence-electron chi connectivity index (χ1n) is 5.31. The van der Waals surface area contributed by atoms with Crippen molar-refractivity contribution in [3.63, 3.8) is 0 Å². The molecule has 96 valence electrons. The highest BCUT2D eigenvalue weighted by Crippen LogP contribution is 2.17. The molecule has 6 heteroatoms. The molecule has 0 aliphatic rings. The fourth-order valence-corrected chi connectivity index (χ4v) is 2.54. The molecule has 3 nitrogen and oxygen atoms in total. The third-order valence-corrected chi connectivity index (χ3v) is 4.28. The Morgan fingerprint density at radius 1 is 1.24 bits per heavy atom. The zero-order valence-electron chi connectivity index (χ0n) is 9.78. The van der Waals surface area contributed by atoms with E-state index >= 15 is 0 Å². The Bertz CT molecular complexity index is 488. The highest BCUT2D eigenvalue weighted by Gasteiger charge is 2.21. The number of halogens is 2. The van der Waals surface area contributed by atoms with Crippen LogP contribution in [0, 0.1) is 11.6 Å². The molecule has 0 atom stereocenters. The van der Waals surface area contributed by atoms with E-state index in [0.29, 0.717) is 12.6 Å². The van der Waals surface area contributed by atoms with E-state index in [4.69, 9.17) is 0 Å². The van der Waals surface area contributed by atoms with Crippen LogP contribution in [0.2, 0.25) is 0 Å². The molecule has 0 fully saturated rings. The van der Waals surface area contributed by atoms with E-state index in [1.807, 2.05) is 6.92 Å². The molecular formula is C11H15F2NO2S. The van der Waals surface area contributed by atoms with E-state index in [1.54, 1.807) is 0 Å². The van der Waals surface area contributed by atoms with Gasteiger partial charge in [-0.25, -0.2) is 21.5 Å². The second kappa shape index (κ2) is 5.55. The van der Waals surface area contributed by atoms with E-state index in [2.05, 4.69) is 0 Å². The predicted octanol–water partition coefficient (Wildman–Crippen LogP) is 2.39. The van der Waals surface area contributed by atoms with Crippen molar-refractivity contribution in [2.45, 2.75) is 24.7 Å². The second-order valence-corrected chi connectivity index (χ2v) is 5.80. The van der Waals surface area contributed by atoms with Crippen molar-refractivity contribution < 1.29 is 17.2 Å². The third kappa shape index (κ3) is 3.23. The highest BCUT2D eigenvalue weighted by molar-refractivity contribution is 7.89. The van der Waals surface area contributed by atoms with Crippen LogP contribution < -0.4 is 0 Å². The van der Waals surface area contributed by atoms with Crippen LogP contribution in [-0.2, 0) is 10.0 Å². The fraction of sp³-hybridized carbons (Fsp3) is 0.455. The molecular weight excluding hydrogens is 248 g/mol. The lowest BCUT2D eigenvalue weighted by Gasteiger charge is -2.16. The van der Waals surface area contributed by atoms with E-state index in [9.17, 15) is 17.2 Å². The molecule has 0 saturated heterocycles. The standard InChI is InChI=1S/C11H15F2NO2S/c1-3-4-7-14(2)17(15,16)9-5-6-10(12)11(13)8-9/h5-6,8H,3-4,7H2,1-2H3. The van der Waals surface area contributed by atoms with Gasteiger partial charge in [0.15, 0.2) is 11.6 Å². The Morgan fingerprint density at radius 3 is 2.41 bits per heavy atom. The molecule has 0 aliphatic heterocycles. The maximum absolute atomic E-state index is 13.0. The Labute approximate surface area is 100 Å². The van der Waals surface area contributed by atoms with Crippen LogP contribution >= 0.6 is 0 Å². The molecule has 0 heterocycles. The SMILES string of the molecule is CCCCN(C)S(=O)(=O)c1ccc(F)c(F)c1. The van der Waals surface area contributed by atoms with Crippen molar-refractivity contribution in [1.29, 1.82) is 0 Å². The summed E-state index contributed by atoms with van der Waals surface area (Å²) in [4.78, 5) is -0.227. The number of rotatable bonds is 5. The summed E-state index contributed by atoms with van der Waals surface area (Å²) in [5, 5.41) is 0. The largest absolute Gasteiger partial charge is 0.242 e. The Balaban J connectivity index is 3.00. The molecule has 1 aromatic carbocycles.